The number of pyridine rings is 1. The number of nitrogens with zero attached hydrogens (tertiary/aromatic N) is 2. The fraction of sp³-hybridized carbons (Fsp3) is 0.0800. The van der Waals surface area contributed by atoms with E-state index in [4.69, 9.17) is 0 Å². The van der Waals surface area contributed by atoms with Crippen LogP contribution < -0.4 is 10.6 Å². The van der Waals surface area contributed by atoms with Gasteiger partial charge in [0, 0.05) is 16.0 Å². The zero-order chi connectivity index (χ0) is 24.3. The molecule has 4 rings (SSSR count). The van der Waals surface area contributed by atoms with Crippen LogP contribution in [0.1, 0.15) is 16.7 Å². The topological polar surface area (TPSA) is 77.8 Å². The number of rotatable bonds is 4. The summed E-state index contributed by atoms with van der Waals surface area (Å²) in [5, 5.41) is 16.2. The Bertz CT molecular complexity index is 1430. The second-order valence-electron chi connectivity index (χ2n) is 7.30. The summed E-state index contributed by atoms with van der Waals surface area (Å²) in [4.78, 5) is 17.8. The van der Waals surface area contributed by atoms with E-state index in [9.17, 15) is 23.2 Å². The summed E-state index contributed by atoms with van der Waals surface area (Å²) in [5.41, 5.74) is 1.57. The number of aryl methyl sites for hydroxylation is 1. The number of nitriles is 1. The minimum absolute atomic E-state index is 0.0102. The SMILES string of the molecule is Cc1c(C#N)c(Sc2ccccc2NC(=O)Nc2cccc(C(F)(F)F)c2)nc2ccccc12. The first-order valence-corrected chi connectivity index (χ1v) is 10.9. The van der Waals surface area contributed by atoms with Crippen molar-refractivity contribution in [1.29, 1.82) is 5.26 Å². The molecule has 0 spiro atoms. The van der Waals surface area contributed by atoms with Gasteiger partial charge in [0.15, 0.2) is 0 Å². The van der Waals surface area contributed by atoms with E-state index in [0.717, 1.165) is 28.6 Å². The lowest BCUT2D eigenvalue weighted by molar-refractivity contribution is -0.137. The van der Waals surface area contributed by atoms with Gasteiger partial charge in [-0.3, -0.25) is 0 Å². The molecule has 0 radical (unpaired) electrons. The maximum absolute atomic E-state index is 12.9. The molecule has 170 valence electrons. The highest BCUT2D eigenvalue weighted by Crippen LogP contribution is 2.37. The number of urea groups is 1. The molecule has 0 saturated carbocycles. The Kier molecular flexibility index (Phi) is 6.43. The molecule has 0 aliphatic heterocycles. The van der Waals surface area contributed by atoms with Gasteiger partial charge in [0.1, 0.15) is 11.1 Å². The Morgan fingerprint density at radius 1 is 1.00 bits per heavy atom. The van der Waals surface area contributed by atoms with E-state index in [1.807, 2.05) is 31.2 Å². The summed E-state index contributed by atoms with van der Waals surface area (Å²) < 4.78 is 38.8. The first-order chi connectivity index (χ1) is 16.3. The monoisotopic (exact) mass is 478 g/mol. The standard InChI is InChI=1S/C25H17F3N4OS/c1-15-18-9-2-3-10-20(18)31-23(19(15)14-29)34-22-12-5-4-11-21(22)32-24(33)30-17-8-6-7-16(13-17)25(26,27)28/h2-13H,1H3,(H2,30,32,33). The van der Waals surface area contributed by atoms with Gasteiger partial charge in [0.05, 0.1) is 22.3 Å². The molecular formula is C25H17F3N4OS. The van der Waals surface area contributed by atoms with Crippen LogP contribution in [0.5, 0.6) is 0 Å². The molecule has 0 atom stereocenters. The molecule has 4 aromatic rings. The van der Waals surface area contributed by atoms with E-state index in [1.165, 1.54) is 23.9 Å². The van der Waals surface area contributed by atoms with Crippen LogP contribution in [0.2, 0.25) is 0 Å². The second kappa shape index (κ2) is 9.45. The maximum atomic E-state index is 12.9. The third-order valence-corrected chi connectivity index (χ3v) is 6.09. The highest BCUT2D eigenvalue weighted by atomic mass is 32.2. The van der Waals surface area contributed by atoms with Gasteiger partial charge >= 0.3 is 12.2 Å². The Balaban J connectivity index is 1.59. The van der Waals surface area contributed by atoms with Crippen molar-refractivity contribution >= 4 is 40.1 Å². The number of aromatic nitrogens is 1. The minimum Gasteiger partial charge on any atom is -0.308 e. The highest BCUT2D eigenvalue weighted by Gasteiger charge is 2.30. The Hall–Kier alpha value is -4.03. The normalized spacial score (nSPS) is 11.1. The number of hydrogen-bond donors (Lipinski definition) is 2. The van der Waals surface area contributed by atoms with Gasteiger partial charge in [-0.25, -0.2) is 9.78 Å². The van der Waals surface area contributed by atoms with Crippen molar-refractivity contribution in [3.63, 3.8) is 0 Å². The van der Waals surface area contributed by atoms with Gasteiger partial charge < -0.3 is 10.6 Å². The molecule has 1 aromatic heterocycles. The summed E-state index contributed by atoms with van der Waals surface area (Å²) in [6, 6.07) is 20.3. The van der Waals surface area contributed by atoms with Crippen molar-refractivity contribution in [1.82, 2.24) is 4.98 Å². The lowest BCUT2D eigenvalue weighted by atomic mass is 10.1. The van der Waals surface area contributed by atoms with Crippen LogP contribution in [0.25, 0.3) is 10.9 Å². The summed E-state index contributed by atoms with van der Waals surface area (Å²) in [5.74, 6) is 0. The molecule has 0 bridgehead atoms. The minimum atomic E-state index is -4.51. The number of carbonyl (C=O) groups is 1. The summed E-state index contributed by atoms with van der Waals surface area (Å²) in [6.07, 6.45) is -4.51. The number of para-hydroxylation sites is 2. The largest absolute Gasteiger partial charge is 0.416 e. The molecule has 0 aliphatic carbocycles. The van der Waals surface area contributed by atoms with Gasteiger partial charge in [-0.05, 0) is 48.9 Å². The molecule has 2 N–H and O–H groups in total. The number of nitrogens with one attached hydrogen (secondary N) is 2. The summed E-state index contributed by atoms with van der Waals surface area (Å²) in [7, 11) is 0. The smallest absolute Gasteiger partial charge is 0.308 e. The zero-order valence-corrected chi connectivity index (χ0v) is 18.6. The van der Waals surface area contributed by atoms with E-state index in [2.05, 4.69) is 21.7 Å². The lowest BCUT2D eigenvalue weighted by Gasteiger charge is -2.14. The van der Waals surface area contributed by atoms with Crippen LogP contribution >= 0.6 is 11.8 Å². The van der Waals surface area contributed by atoms with E-state index in [0.29, 0.717) is 21.2 Å². The molecule has 1 heterocycles. The number of benzene rings is 3. The van der Waals surface area contributed by atoms with Crippen LogP contribution in [0.4, 0.5) is 29.3 Å². The fourth-order valence-corrected chi connectivity index (χ4v) is 4.40. The van der Waals surface area contributed by atoms with Gasteiger partial charge in [0.2, 0.25) is 0 Å². The zero-order valence-electron chi connectivity index (χ0n) is 17.8. The molecule has 0 saturated heterocycles. The predicted octanol–water partition coefficient (Wildman–Crippen LogP) is 7.23. The number of anilines is 2. The third-order valence-electron chi connectivity index (χ3n) is 5.02. The van der Waals surface area contributed by atoms with Crippen molar-refractivity contribution in [2.75, 3.05) is 10.6 Å². The molecule has 2 amide bonds. The second-order valence-corrected chi connectivity index (χ2v) is 8.33. The third kappa shape index (κ3) is 4.97. The van der Waals surface area contributed by atoms with Gasteiger partial charge in [0.25, 0.3) is 0 Å². The molecule has 34 heavy (non-hydrogen) atoms. The van der Waals surface area contributed by atoms with E-state index >= 15 is 0 Å². The van der Waals surface area contributed by atoms with E-state index in [-0.39, 0.29) is 5.69 Å². The number of halogens is 3. The highest BCUT2D eigenvalue weighted by molar-refractivity contribution is 7.99. The van der Waals surface area contributed by atoms with Crippen molar-refractivity contribution in [3.05, 3.63) is 89.5 Å². The molecule has 3 aromatic carbocycles. The Morgan fingerprint density at radius 3 is 2.50 bits per heavy atom. The molecule has 9 heteroatoms. The first kappa shape index (κ1) is 23.1. The van der Waals surface area contributed by atoms with Crippen molar-refractivity contribution < 1.29 is 18.0 Å². The van der Waals surface area contributed by atoms with Crippen molar-refractivity contribution in [2.45, 2.75) is 23.0 Å². The van der Waals surface area contributed by atoms with Crippen LogP contribution in [0, 0.1) is 18.3 Å². The first-order valence-electron chi connectivity index (χ1n) is 10.1. The number of alkyl halides is 3. The molecule has 0 fully saturated rings. The van der Waals surface area contributed by atoms with Crippen LogP contribution in [-0.2, 0) is 6.18 Å². The fourth-order valence-electron chi connectivity index (χ4n) is 3.38. The average molecular weight is 478 g/mol. The summed E-state index contributed by atoms with van der Waals surface area (Å²) >= 11 is 1.22. The molecule has 5 nitrogen and oxygen atoms in total. The van der Waals surface area contributed by atoms with Crippen LogP contribution in [0.3, 0.4) is 0 Å². The van der Waals surface area contributed by atoms with Crippen molar-refractivity contribution in [3.8, 4) is 6.07 Å². The van der Waals surface area contributed by atoms with Crippen molar-refractivity contribution in [2.24, 2.45) is 0 Å². The number of fused-ring (bicyclic) bond motifs is 1. The quantitative estimate of drug-likeness (QED) is 0.324. The Labute approximate surface area is 197 Å². The lowest BCUT2D eigenvalue weighted by Crippen LogP contribution is -2.20. The Morgan fingerprint density at radius 2 is 1.74 bits per heavy atom. The maximum Gasteiger partial charge on any atom is 0.416 e. The number of hydrogen-bond acceptors (Lipinski definition) is 4. The molecular weight excluding hydrogens is 461 g/mol. The summed E-state index contributed by atoms with van der Waals surface area (Å²) in [6.45, 7) is 1.86. The van der Waals surface area contributed by atoms with Gasteiger partial charge in [-0.15, -0.1) is 0 Å². The van der Waals surface area contributed by atoms with Crippen LogP contribution in [0.15, 0.2) is 82.7 Å². The van der Waals surface area contributed by atoms with E-state index < -0.39 is 17.8 Å². The average Bonchev–Trinajstić information content (AvgIpc) is 2.80. The van der Waals surface area contributed by atoms with E-state index in [1.54, 1.807) is 24.3 Å². The number of amides is 2. The number of carbonyl (C=O) groups excluding carboxylic acids is 1. The van der Waals surface area contributed by atoms with Gasteiger partial charge in [-0.2, -0.15) is 18.4 Å². The van der Waals surface area contributed by atoms with Crippen LogP contribution in [-0.4, -0.2) is 11.0 Å². The predicted molar refractivity (Wildman–Crippen MR) is 126 cm³/mol. The van der Waals surface area contributed by atoms with Gasteiger partial charge in [-0.1, -0.05) is 48.2 Å². The molecule has 0 unspecified atom stereocenters. The molecule has 0 aliphatic rings.